The van der Waals surface area contributed by atoms with Crippen LogP contribution in [0.1, 0.15) is 32.6 Å². The van der Waals surface area contributed by atoms with Gasteiger partial charge in [0, 0.05) is 18.6 Å². The third-order valence-electron chi connectivity index (χ3n) is 5.30. The summed E-state index contributed by atoms with van der Waals surface area (Å²) in [6, 6.07) is 15.3. The molecule has 1 aliphatic rings. The predicted molar refractivity (Wildman–Crippen MR) is 121 cm³/mol. The van der Waals surface area contributed by atoms with Crippen LogP contribution in [-0.2, 0) is 16.7 Å². The first-order chi connectivity index (χ1) is 14.8. The Labute approximate surface area is 186 Å². The molecule has 0 radical (unpaired) electrons. The van der Waals surface area contributed by atoms with Crippen molar-refractivity contribution in [1.29, 1.82) is 0 Å². The van der Waals surface area contributed by atoms with Crippen LogP contribution in [0.25, 0.3) is 17.2 Å². The van der Waals surface area contributed by atoms with Crippen molar-refractivity contribution in [2.75, 3.05) is 5.32 Å². The Morgan fingerprint density at radius 3 is 2.62 bits per heavy atom. The number of oxazole rings is 1. The van der Waals surface area contributed by atoms with Crippen LogP contribution < -0.4 is 14.6 Å². The van der Waals surface area contributed by atoms with E-state index >= 15 is 0 Å². The lowest BCUT2D eigenvalue weighted by atomic mass is 10.2. The van der Waals surface area contributed by atoms with E-state index in [1.165, 1.54) is 6.92 Å². The number of benzene rings is 2. The SMILES string of the molecule is CCC(=Cc1oc2ccccc2[n+]1CCC(C)S(=O)(=O)O)C=C1Nc2ccccc2O1.[OH-]. The Hall–Kier alpha value is -3.14. The first kappa shape index (κ1) is 23.5. The van der Waals surface area contributed by atoms with Crippen molar-refractivity contribution in [3.05, 3.63) is 72.0 Å². The molecule has 4 rings (SSSR count). The van der Waals surface area contributed by atoms with Gasteiger partial charge in [0.05, 0.1) is 17.0 Å². The van der Waals surface area contributed by atoms with Gasteiger partial charge in [-0.1, -0.05) is 31.2 Å². The zero-order valence-corrected chi connectivity index (χ0v) is 18.7. The van der Waals surface area contributed by atoms with Crippen molar-refractivity contribution in [2.24, 2.45) is 0 Å². The van der Waals surface area contributed by atoms with Gasteiger partial charge in [0.2, 0.25) is 5.58 Å². The summed E-state index contributed by atoms with van der Waals surface area (Å²) in [5.41, 5.74) is 3.47. The van der Waals surface area contributed by atoms with Gasteiger partial charge in [0.15, 0.2) is 18.2 Å². The van der Waals surface area contributed by atoms with E-state index in [0.29, 0.717) is 23.9 Å². The molecular formula is C23H26N2O6S. The molecule has 0 aliphatic carbocycles. The fourth-order valence-corrected chi connectivity index (χ4v) is 3.83. The molecule has 0 spiro atoms. The second-order valence-electron chi connectivity index (χ2n) is 7.48. The highest BCUT2D eigenvalue weighted by Crippen LogP contribution is 2.33. The van der Waals surface area contributed by atoms with Crippen molar-refractivity contribution >= 4 is 33.0 Å². The van der Waals surface area contributed by atoms with Gasteiger partial charge in [-0.05, 0) is 37.1 Å². The highest BCUT2D eigenvalue weighted by molar-refractivity contribution is 7.86. The fourth-order valence-electron chi connectivity index (χ4n) is 3.42. The number of anilines is 1. The Kier molecular flexibility index (Phi) is 7.02. The molecule has 1 aliphatic heterocycles. The standard InChI is InChI=1S/C23H24N2O5S.H2O/c1-3-17(14-22-24-18-8-4-6-10-20(18)29-22)15-23-25(13-12-16(2)31(26,27)28)19-9-5-7-11-21(19)30-23;/h4-11,14-16H,3,12-13H2,1-2H3,(H,26,27,28);1H2. The maximum Gasteiger partial charge on any atom is 0.374 e. The third kappa shape index (κ3) is 5.01. The van der Waals surface area contributed by atoms with Crippen molar-refractivity contribution in [3.8, 4) is 5.75 Å². The van der Waals surface area contributed by atoms with Crippen LogP contribution in [0, 0.1) is 0 Å². The second kappa shape index (κ2) is 9.56. The van der Waals surface area contributed by atoms with Gasteiger partial charge in [-0.3, -0.25) is 4.55 Å². The summed E-state index contributed by atoms with van der Waals surface area (Å²) in [6.45, 7) is 3.92. The molecule has 2 heterocycles. The van der Waals surface area contributed by atoms with Crippen molar-refractivity contribution in [3.63, 3.8) is 0 Å². The van der Waals surface area contributed by atoms with E-state index in [-0.39, 0.29) is 11.9 Å². The summed E-state index contributed by atoms with van der Waals surface area (Å²) in [4.78, 5) is 0. The number of aromatic nitrogens is 1. The van der Waals surface area contributed by atoms with Crippen molar-refractivity contribution < 1.29 is 32.2 Å². The molecule has 3 N–H and O–H groups in total. The van der Waals surface area contributed by atoms with Crippen LogP contribution in [0.2, 0.25) is 0 Å². The molecule has 0 amide bonds. The molecule has 170 valence electrons. The Morgan fingerprint density at radius 1 is 1.19 bits per heavy atom. The van der Waals surface area contributed by atoms with Gasteiger partial charge in [0.25, 0.3) is 15.6 Å². The number of hydrogen-bond acceptors (Lipinski definition) is 6. The minimum Gasteiger partial charge on any atom is -0.870 e. The van der Waals surface area contributed by atoms with E-state index in [1.54, 1.807) is 0 Å². The quantitative estimate of drug-likeness (QED) is 0.398. The molecule has 8 nitrogen and oxygen atoms in total. The normalized spacial score (nSPS) is 15.7. The first-order valence-electron chi connectivity index (χ1n) is 10.2. The number of nitrogens with one attached hydrogen (secondary N) is 1. The highest BCUT2D eigenvalue weighted by Gasteiger charge is 2.25. The van der Waals surface area contributed by atoms with E-state index in [2.05, 4.69) is 5.32 Å². The van der Waals surface area contributed by atoms with E-state index in [4.69, 9.17) is 9.15 Å². The monoisotopic (exact) mass is 458 g/mol. The number of fused-ring (bicyclic) bond motifs is 2. The third-order valence-corrected chi connectivity index (χ3v) is 6.56. The van der Waals surface area contributed by atoms with Gasteiger partial charge < -0.3 is 19.9 Å². The Balaban J connectivity index is 0.00000289. The minimum absolute atomic E-state index is 0. The van der Waals surface area contributed by atoms with Crippen LogP contribution in [-0.4, -0.2) is 23.7 Å². The topological polar surface area (TPSA) is 123 Å². The Bertz CT molecular complexity index is 1250. The van der Waals surface area contributed by atoms with Gasteiger partial charge in [0.1, 0.15) is 0 Å². The number of rotatable bonds is 7. The molecule has 0 saturated carbocycles. The summed E-state index contributed by atoms with van der Waals surface area (Å²) in [5.74, 6) is 2.02. The molecule has 2 aromatic carbocycles. The summed E-state index contributed by atoms with van der Waals surface area (Å²) in [5, 5.41) is 2.38. The number of allylic oxidation sites excluding steroid dienone is 2. The van der Waals surface area contributed by atoms with E-state index < -0.39 is 15.4 Å². The molecular weight excluding hydrogens is 432 g/mol. The first-order valence-corrected chi connectivity index (χ1v) is 11.7. The predicted octanol–water partition coefficient (Wildman–Crippen LogP) is 4.35. The zero-order valence-electron chi connectivity index (χ0n) is 17.9. The molecule has 32 heavy (non-hydrogen) atoms. The van der Waals surface area contributed by atoms with Gasteiger partial charge >= 0.3 is 5.89 Å². The number of aryl methyl sites for hydroxylation is 1. The van der Waals surface area contributed by atoms with E-state index in [1.807, 2.05) is 72.2 Å². The van der Waals surface area contributed by atoms with Gasteiger partial charge in [-0.2, -0.15) is 13.0 Å². The molecule has 3 aromatic rings. The Morgan fingerprint density at radius 2 is 1.91 bits per heavy atom. The fraction of sp³-hybridized carbons (Fsp3) is 0.261. The largest absolute Gasteiger partial charge is 0.870 e. The summed E-state index contributed by atoms with van der Waals surface area (Å²) in [7, 11) is -4.09. The molecule has 1 atom stereocenters. The maximum atomic E-state index is 11.4. The smallest absolute Gasteiger partial charge is 0.374 e. The lowest BCUT2D eigenvalue weighted by molar-refractivity contribution is -0.678. The lowest BCUT2D eigenvalue weighted by Gasteiger charge is -2.05. The van der Waals surface area contributed by atoms with Crippen LogP contribution in [0.3, 0.4) is 0 Å². The number of para-hydroxylation sites is 4. The number of hydrogen-bond donors (Lipinski definition) is 2. The minimum atomic E-state index is -4.09. The number of ether oxygens (including phenoxy) is 1. The number of nitrogens with zero attached hydrogens (tertiary/aromatic N) is 1. The molecule has 1 unspecified atom stereocenters. The second-order valence-corrected chi connectivity index (χ2v) is 9.31. The summed E-state index contributed by atoms with van der Waals surface area (Å²) < 4.78 is 46.0. The van der Waals surface area contributed by atoms with Crippen molar-refractivity contribution in [2.45, 2.75) is 38.5 Å². The highest BCUT2D eigenvalue weighted by atomic mass is 32.2. The molecule has 1 aromatic heterocycles. The van der Waals surface area contributed by atoms with E-state index in [0.717, 1.165) is 28.9 Å². The van der Waals surface area contributed by atoms with Crippen LogP contribution in [0.4, 0.5) is 5.69 Å². The van der Waals surface area contributed by atoms with Gasteiger partial charge in [-0.15, -0.1) is 0 Å². The summed E-state index contributed by atoms with van der Waals surface area (Å²) >= 11 is 0. The molecule has 0 bridgehead atoms. The zero-order chi connectivity index (χ0) is 22.0. The lowest BCUT2D eigenvalue weighted by Crippen LogP contribution is -2.37. The van der Waals surface area contributed by atoms with Crippen LogP contribution in [0.5, 0.6) is 5.75 Å². The molecule has 9 heteroatoms. The van der Waals surface area contributed by atoms with E-state index in [9.17, 15) is 13.0 Å². The van der Waals surface area contributed by atoms with Gasteiger partial charge in [-0.25, -0.2) is 0 Å². The average Bonchev–Trinajstić information content (AvgIpc) is 3.30. The maximum absolute atomic E-state index is 11.4. The van der Waals surface area contributed by atoms with Crippen LogP contribution in [0.15, 0.2) is 70.5 Å². The molecule has 0 fully saturated rings. The van der Waals surface area contributed by atoms with Crippen LogP contribution >= 0.6 is 0 Å². The summed E-state index contributed by atoms with van der Waals surface area (Å²) in [6.07, 6.45) is 4.86. The van der Waals surface area contributed by atoms with Crippen molar-refractivity contribution in [1.82, 2.24) is 0 Å². The molecule has 0 saturated heterocycles. The average molecular weight is 459 g/mol.